The minimum Gasteiger partial charge on any atom is -0.507 e. The Bertz CT molecular complexity index is 578. The van der Waals surface area contributed by atoms with Crippen LogP contribution in [0.4, 0.5) is 0 Å². The number of carbonyl (C=O) groups is 1. The van der Waals surface area contributed by atoms with Gasteiger partial charge in [-0.2, -0.15) is 0 Å². The van der Waals surface area contributed by atoms with E-state index in [1.54, 1.807) is 6.07 Å². The summed E-state index contributed by atoms with van der Waals surface area (Å²) in [5.74, 6) is -0.973. The van der Waals surface area contributed by atoms with Gasteiger partial charge in [0.25, 0.3) is 0 Å². The summed E-state index contributed by atoms with van der Waals surface area (Å²) in [5, 5.41) is 18.3. The molecule has 0 aliphatic heterocycles. The molecule has 0 aliphatic rings. The predicted molar refractivity (Wildman–Crippen MR) is 75.3 cm³/mol. The van der Waals surface area contributed by atoms with Gasteiger partial charge >= 0.3 is 5.97 Å². The zero-order valence-corrected chi connectivity index (χ0v) is 11.0. The summed E-state index contributed by atoms with van der Waals surface area (Å²) >= 11 is 0. The lowest BCUT2D eigenvalue weighted by atomic mass is 10.1. The van der Waals surface area contributed by atoms with Crippen molar-refractivity contribution in [3.63, 3.8) is 0 Å². The lowest BCUT2D eigenvalue weighted by molar-refractivity contribution is 0.0693. The van der Waals surface area contributed by atoms with Crippen molar-refractivity contribution in [1.29, 1.82) is 0 Å². The van der Waals surface area contributed by atoms with Crippen LogP contribution >= 0.6 is 0 Å². The van der Waals surface area contributed by atoms with Crippen molar-refractivity contribution in [1.82, 2.24) is 0 Å². The predicted octanol–water partition coefficient (Wildman–Crippen LogP) is 3.10. The average Bonchev–Trinajstić information content (AvgIpc) is 2.46. The molecule has 0 atom stereocenters. The lowest BCUT2D eigenvalue weighted by Gasteiger charge is -2.08. The van der Waals surface area contributed by atoms with E-state index in [-0.39, 0.29) is 11.3 Å². The van der Waals surface area contributed by atoms with Crippen LogP contribution in [0, 0.1) is 0 Å². The Morgan fingerprint density at radius 3 is 2.55 bits per heavy atom. The molecule has 0 unspecified atom stereocenters. The fourth-order valence-corrected chi connectivity index (χ4v) is 1.89. The van der Waals surface area contributed by atoms with Gasteiger partial charge in [-0.3, -0.25) is 0 Å². The molecule has 20 heavy (non-hydrogen) atoms. The summed E-state index contributed by atoms with van der Waals surface area (Å²) in [6.07, 6.45) is 1.75. The Balaban J connectivity index is 1.85. The lowest BCUT2D eigenvalue weighted by Crippen LogP contribution is -2.02. The summed E-state index contributed by atoms with van der Waals surface area (Å²) in [4.78, 5) is 10.9. The number of ether oxygens (including phenoxy) is 1. The zero-order chi connectivity index (χ0) is 14.4. The number of hydrogen-bond acceptors (Lipinski definition) is 3. The van der Waals surface area contributed by atoms with Crippen LogP contribution in [0.5, 0.6) is 11.5 Å². The van der Waals surface area contributed by atoms with Crippen LogP contribution in [0.2, 0.25) is 0 Å². The van der Waals surface area contributed by atoms with Gasteiger partial charge in [-0.15, -0.1) is 0 Å². The topological polar surface area (TPSA) is 66.8 Å². The van der Waals surface area contributed by atoms with E-state index in [1.807, 2.05) is 18.2 Å². The SMILES string of the molecule is O=C(O)c1cc(OCCCc2ccccc2)ccc1O. The molecule has 0 saturated carbocycles. The van der Waals surface area contributed by atoms with Gasteiger partial charge in [0.2, 0.25) is 0 Å². The Hall–Kier alpha value is -2.49. The molecule has 0 aliphatic carbocycles. The molecular formula is C16H16O4. The molecule has 0 radical (unpaired) electrons. The van der Waals surface area contributed by atoms with Crippen LogP contribution in [0.1, 0.15) is 22.3 Å². The molecule has 2 rings (SSSR count). The van der Waals surface area contributed by atoms with Crippen molar-refractivity contribution in [2.75, 3.05) is 6.61 Å². The maximum absolute atomic E-state index is 10.9. The van der Waals surface area contributed by atoms with Crippen LogP contribution < -0.4 is 4.74 Å². The highest BCUT2D eigenvalue weighted by atomic mass is 16.5. The first-order valence-electron chi connectivity index (χ1n) is 6.40. The fraction of sp³-hybridized carbons (Fsp3) is 0.188. The molecule has 0 aromatic heterocycles. The van der Waals surface area contributed by atoms with Crippen molar-refractivity contribution in [2.45, 2.75) is 12.8 Å². The Morgan fingerprint density at radius 1 is 1.10 bits per heavy atom. The van der Waals surface area contributed by atoms with Crippen LogP contribution in [0.3, 0.4) is 0 Å². The van der Waals surface area contributed by atoms with E-state index >= 15 is 0 Å². The number of hydrogen-bond donors (Lipinski definition) is 2. The first-order valence-corrected chi connectivity index (χ1v) is 6.40. The molecular weight excluding hydrogens is 256 g/mol. The van der Waals surface area contributed by atoms with E-state index in [2.05, 4.69) is 12.1 Å². The highest BCUT2D eigenvalue weighted by Gasteiger charge is 2.10. The summed E-state index contributed by atoms with van der Waals surface area (Å²) < 4.78 is 5.50. The first kappa shape index (κ1) is 13.9. The molecule has 104 valence electrons. The normalized spacial score (nSPS) is 10.2. The van der Waals surface area contributed by atoms with Gasteiger partial charge in [-0.05, 0) is 36.6 Å². The van der Waals surface area contributed by atoms with E-state index in [0.717, 1.165) is 12.8 Å². The number of aromatic carboxylic acids is 1. The summed E-state index contributed by atoms with van der Waals surface area (Å²) in [6.45, 7) is 0.499. The van der Waals surface area contributed by atoms with Crippen LogP contribution in [-0.2, 0) is 6.42 Å². The molecule has 0 bridgehead atoms. The summed E-state index contributed by atoms with van der Waals surface area (Å²) in [6, 6.07) is 14.3. The second-order valence-electron chi connectivity index (χ2n) is 4.42. The number of aromatic hydroxyl groups is 1. The van der Waals surface area contributed by atoms with Crippen molar-refractivity contribution in [3.8, 4) is 11.5 Å². The molecule has 4 nitrogen and oxygen atoms in total. The second-order valence-corrected chi connectivity index (χ2v) is 4.42. The smallest absolute Gasteiger partial charge is 0.339 e. The molecule has 0 heterocycles. The standard InChI is InChI=1S/C16H16O4/c17-15-9-8-13(11-14(15)16(18)19)20-10-4-7-12-5-2-1-3-6-12/h1-3,5-6,8-9,11,17H,4,7,10H2,(H,18,19). The van der Waals surface area contributed by atoms with E-state index in [9.17, 15) is 9.90 Å². The van der Waals surface area contributed by atoms with Crippen LogP contribution in [-0.4, -0.2) is 22.8 Å². The largest absolute Gasteiger partial charge is 0.507 e. The van der Waals surface area contributed by atoms with Crippen LogP contribution in [0.25, 0.3) is 0 Å². The Labute approximate surface area is 117 Å². The summed E-state index contributed by atoms with van der Waals surface area (Å²) in [5.41, 5.74) is 1.10. The molecule has 0 fully saturated rings. The molecule has 0 spiro atoms. The van der Waals surface area contributed by atoms with Crippen molar-refractivity contribution in [2.24, 2.45) is 0 Å². The van der Waals surface area contributed by atoms with E-state index in [4.69, 9.17) is 9.84 Å². The number of phenols is 1. The van der Waals surface area contributed by atoms with Crippen molar-refractivity contribution < 1.29 is 19.7 Å². The zero-order valence-electron chi connectivity index (χ0n) is 11.0. The Morgan fingerprint density at radius 2 is 1.85 bits per heavy atom. The first-order chi connectivity index (χ1) is 9.66. The number of rotatable bonds is 6. The van der Waals surface area contributed by atoms with Gasteiger partial charge in [-0.1, -0.05) is 30.3 Å². The second kappa shape index (κ2) is 6.61. The van der Waals surface area contributed by atoms with Gasteiger partial charge in [0.05, 0.1) is 6.61 Å². The average molecular weight is 272 g/mol. The highest BCUT2D eigenvalue weighted by Crippen LogP contribution is 2.23. The maximum atomic E-state index is 10.9. The minimum absolute atomic E-state index is 0.148. The van der Waals surface area contributed by atoms with Gasteiger partial charge in [0.1, 0.15) is 17.1 Å². The molecule has 0 saturated heterocycles. The fourth-order valence-electron chi connectivity index (χ4n) is 1.89. The third kappa shape index (κ3) is 3.75. The van der Waals surface area contributed by atoms with E-state index < -0.39 is 5.97 Å². The molecule has 2 N–H and O–H groups in total. The third-order valence-corrected chi connectivity index (χ3v) is 2.92. The summed E-state index contributed by atoms with van der Waals surface area (Å²) in [7, 11) is 0. The number of benzene rings is 2. The number of carboxylic acids is 1. The molecule has 2 aromatic rings. The van der Waals surface area contributed by atoms with Crippen LogP contribution in [0.15, 0.2) is 48.5 Å². The van der Waals surface area contributed by atoms with E-state index in [0.29, 0.717) is 12.4 Å². The van der Waals surface area contributed by atoms with Crippen molar-refractivity contribution in [3.05, 3.63) is 59.7 Å². The number of aryl methyl sites for hydroxylation is 1. The third-order valence-electron chi connectivity index (χ3n) is 2.92. The monoisotopic (exact) mass is 272 g/mol. The quantitative estimate of drug-likeness (QED) is 0.793. The Kier molecular flexibility index (Phi) is 4.60. The van der Waals surface area contributed by atoms with Gasteiger partial charge in [-0.25, -0.2) is 4.79 Å². The number of carboxylic acid groups (broad SMARTS) is 1. The van der Waals surface area contributed by atoms with Gasteiger partial charge in [0, 0.05) is 0 Å². The van der Waals surface area contributed by atoms with Gasteiger partial charge in [0.15, 0.2) is 0 Å². The molecule has 2 aromatic carbocycles. The van der Waals surface area contributed by atoms with Gasteiger partial charge < -0.3 is 14.9 Å². The molecule has 0 amide bonds. The molecule has 4 heteroatoms. The van der Waals surface area contributed by atoms with E-state index in [1.165, 1.54) is 17.7 Å². The van der Waals surface area contributed by atoms with Crippen molar-refractivity contribution >= 4 is 5.97 Å². The minimum atomic E-state index is -1.17. The maximum Gasteiger partial charge on any atom is 0.339 e. The highest BCUT2D eigenvalue weighted by molar-refractivity contribution is 5.91.